The first kappa shape index (κ1) is 12.8. The van der Waals surface area contributed by atoms with Gasteiger partial charge in [-0.3, -0.25) is 9.99 Å². The van der Waals surface area contributed by atoms with Gasteiger partial charge in [-0.15, -0.1) is 0 Å². The quantitative estimate of drug-likeness (QED) is 0.572. The molecule has 3 rings (SSSR count). The molecule has 20 heavy (non-hydrogen) atoms. The third-order valence-electron chi connectivity index (χ3n) is 3.25. The number of rotatable bonds is 4. The zero-order chi connectivity index (χ0) is 13.9. The molecule has 0 radical (unpaired) electrons. The molecule has 106 valence electrons. The van der Waals surface area contributed by atoms with Crippen molar-refractivity contribution < 1.29 is 4.74 Å². The molecule has 0 bridgehead atoms. The molecule has 0 aromatic carbocycles. The van der Waals surface area contributed by atoms with Crippen LogP contribution in [0.15, 0.2) is 18.7 Å². The summed E-state index contributed by atoms with van der Waals surface area (Å²) in [6.45, 7) is 1.43. The minimum Gasteiger partial charge on any atom is -0.379 e. The van der Waals surface area contributed by atoms with E-state index >= 15 is 0 Å². The first-order chi connectivity index (χ1) is 9.78. The van der Waals surface area contributed by atoms with Crippen molar-refractivity contribution in [2.75, 3.05) is 30.6 Å². The second-order valence-electron chi connectivity index (χ2n) is 4.50. The van der Waals surface area contributed by atoms with E-state index in [1.54, 1.807) is 23.3 Å². The lowest BCUT2D eigenvalue weighted by molar-refractivity contribution is 0.193. The summed E-state index contributed by atoms with van der Waals surface area (Å²) < 4.78 is 7.09. The number of ether oxygens (including phenoxy) is 1. The van der Waals surface area contributed by atoms with Gasteiger partial charge in [0.05, 0.1) is 12.6 Å². The fourth-order valence-corrected chi connectivity index (χ4v) is 2.06. The van der Waals surface area contributed by atoms with Crippen molar-refractivity contribution in [3.05, 3.63) is 18.7 Å². The highest BCUT2D eigenvalue weighted by molar-refractivity contribution is 5.40. The molecule has 1 fully saturated rings. The fourth-order valence-electron chi connectivity index (χ4n) is 2.06. The minimum absolute atomic E-state index is 0.263. The van der Waals surface area contributed by atoms with Crippen LogP contribution in [0.25, 0.3) is 5.95 Å². The highest BCUT2D eigenvalue weighted by atomic mass is 16.5. The van der Waals surface area contributed by atoms with Crippen molar-refractivity contribution in [3.8, 4) is 5.95 Å². The molecule has 0 aliphatic carbocycles. The summed E-state index contributed by atoms with van der Waals surface area (Å²) in [6.07, 6.45) is 6.00. The second kappa shape index (κ2) is 5.39. The van der Waals surface area contributed by atoms with Crippen LogP contribution < -0.4 is 16.2 Å². The van der Waals surface area contributed by atoms with Gasteiger partial charge in [-0.05, 0) is 6.42 Å². The Morgan fingerprint density at radius 3 is 3.00 bits per heavy atom. The van der Waals surface area contributed by atoms with E-state index in [2.05, 4.69) is 25.4 Å². The lowest BCUT2D eigenvalue weighted by atomic mass is 10.2. The van der Waals surface area contributed by atoms with Gasteiger partial charge in [-0.25, -0.2) is 10.8 Å². The van der Waals surface area contributed by atoms with Crippen molar-refractivity contribution in [2.45, 2.75) is 12.5 Å². The molecule has 1 atom stereocenters. The first-order valence-corrected chi connectivity index (χ1v) is 6.29. The molecule has 1 unspecified atom stereocenters. The van der Waals surface area contributed by atoms with Gasteiger partial charge in [0.2, 0.25) is 17.8 Å². The van der Waals surface area contributed by atoms with Crippen LogP contribution in [0, 0.1) is 0 Å². The van der Waals surface area contributed by atoms with Crippen LogP contribution >= 0.6 is 0 Å². The summed E-state index contributed by atoms with van der Waals surface area (Å²) in [6, 6.07) is 0.263. The number of hydrogen-bond donors (Lipinski definition) is 2. The molecule has 0 amide bonds. The predicted octanol–water partition coefficient (Wildman–Crippen LogP) is -0.432. The third kappa shape index (κ3) is 2.40. The van der Waals surface area contributed by atoms with Gasteiger partial charge in [0.1, 0.15) is 6.33 Å². The fraction of sp³-hybridized carbons (Fsp3) is 0.455. The molecule has 3 heterocycles. The normalized spacial score (nSPS) is 18.2. The Balaban J connectivity index is 1.95. The number of anilines is 2. The molecule has 0 saturated carbocycles. The number of nitrogens with one attached hydrogen (secondary N) is 1. The van der Waals surface area contributed by atoms with Crippen LogP contribution in [0.2, 0.25) is 0 Å². The number of hydrogen-bond acceptors (Lipinski definition) is 8. The SMILES string of the molecule is CN(c1nc(NN)nc(-n2ccnc2)n1)C1CCOC1. The van der Waals surface area contributed by atoms with Gasteiger partial charge in [0, 0.05) is 26.0 Å². The molecule has 1 saturated heterocycles. The third-order valence-corrected chi connectivity index (χ3v) is 3.25. The summed E-state index contributed by atoms with van der Waals surface area (Å²) in [4.78, 5) is 18.9. The van der Waals surface area contributed by atoms with Crippen LogP contribution in [-0.2, 0) is 4.74 Å². The van der Waals surface area contributed by atoms with E-state index in [0.717, 1.165) is 13.0 Å². The van der Waals surface area contributed by atoms with E-state index in [-0.39, 0.29) is 6.04 Å². The Labute approximate surface area is 115 Å². The molecule has 3 N–H and O–H groups in total. The van der Waals surface area contributed by atoms with Gasteiger partial charge >= 0.3 is 0 Å². The minimum atomic E-state index is 0.263. The summed E-state index contributed by atoms with van der Waals surface area (Å²) in [5, 5.41) is 0. The maximum absolute atomic E-state index is 5.42. The lowest BCUT2D eigenvalue weighted by Gasteiger charge is -2.23. The Morgan fingerprint density at radius 1 is 1.45 bits per heavy atom. The standard InChI is InChI=1S/C11H16N8O/c1-18(8-2-5-20-6-8)10-14-9(17-12)15-11(16-10)19-4-3-13-7-19/h3-4,7-8H,2,5-6,12H2,1H3,(H,14,15,16,17). The molecule has 9 heteroatoms. The average molecular weight is 276 g/mol. The van der Waals surface area contributed by atoms with Crippen molar-refractivity contribution >= 4 is 11.9 Å². The van der Waals surface area contributed by atoms with Gasteiger partial charge in [-0.1, -0.05) is 0 Å². The molecule has 2 aromatic rings. The molecular weight excluding hydrogens is 260 g/mol. The van der Waals surface area contributed by atoms with Gasteiger partial charge in [0.25, 0.3) is 0 Å². The lowest BCUT2D eigenvalue weighted by Crippen LogP contribution is -2.34. The number of aromatic nitrogens is 5. The van der Waals surface area contributed by atoms with E-state index < -0.39 is 0 Å². The largest absolute Gasteiger partial charge is 0.379 e. The topological polar surface area (TPSA) is 107 Å². The number of nitrogens with two attached hydrogens (primary N) is 1. The van der Waals surface area contributed by atoms with Crippen molar-refractivity contribution in [2.24, 2.45) is 5.84 Å². The number of imidazole rings is 1. The summed E-state index contributed by atoms with van der Waals surface area (Å²) in [5.41, 5.74) is 2.46. The monoisotopic (exact) mass is 276 g/mol. The number of hydrazine groups is 1. The Hall–Kier alpha value is -2.26. The molecule has 0 spiro atoms. The van der Waals surface area contributed by atoms with E-state index in [9.17, 15) is 0 Å². The summed E-state index contributed by atoms with van der Waals surface area (Å²) in [5.74, 6) is 6.75. The van der Waals surface area contributed by atoms with E-state index in [1.165, 1.54) is 0 Å². The Kier molecular flexibility index (Phi) is 3.44. The van der Waals surface area contributed by atoms with Gasteiger partial charge in [0.15, 0.2) is 0 Å². The van der Waals surface area contributed by atoms with Crippen LogP contribution in [0.3, 0.4) is 0 Å². The Bertz CT molecular complexity index is 566. The highest BCUT2D eigenvalue weighted by Gasteiger charge is 2.23. The van der Waals surface area contributed by atoms with E-state index in [0.29, 0.717) is 24.5 Å². The molecule has 2 aromatic heterocycles. The molecular formula is C11H16N8O. The molecule has 9 nitrogen and oxygen atoms in total. The zero-order valence-corrected chi connectivity index (χ0v) is 11.1. The summed E-state index contributed by atoms with van der Waals surface area (Å²) >= 11 is 0. The van der Waals surface area contributed by atoms with Crippen LogP contribution in [0.5, 0.6) is 0 Å². The number of nitrogen functional groups attached to an aromatic ring is 1. The number of likely N-dealkylation sites (N-methyl/N-ethyl adjacent to an activating group) is 1. The summed E-state index contributed by atoms with van der Waals surface area (Å²) in [7, 11) is 1.94. The Morgan fingerprint density at radius 2 is 2.35 bits per heavy atom. The maximum atomic E-state index is 5.42. The molecule has 1 aliphatic heterocycles. The van der Waals surface area contributed by atoms with Crippen molar-refractivity contribution in [1.29, 1.82) is 0 Å². The smallest absolute Gasteiger partial charge is 0.243 e. The average Bonchev–Trinajstić information content (AvgIpc) is 3.18. The van der Waals surface area contributed by atoms with Crippen LogP contribution in [-0.4, -0.2) is 50.8 Å². The maximum Gasteiger partial charge on any atom is 0.243 e. The van der Waals surface area contributed by atoms with Crippen LogP contribution in [0.4, 0.5) is 11.9 Å². The van der Waals surface area contributed by atoms with Crippen molar-refractivity contribution in [3.63, 3.8) is 0 Å². The first-order valence-electron chi connectivity index (χ1n) is 6.29. The highest BCUT2D eigenvalue weighted by Crippen LogP contribution is 2.18. The predicted molar refractivity (Wildman–Crippen MR) is 72.4 cm³/mol. The molecule has 1 aliphatic rings. The number of nitrogens with zero attached hydrogens (tertiary/aromatic N) is 6. The van der Waals surface area contributed by atoms with Gasteiger partial charge in [-0.2, -0.15) is 15.0 Å². The second-order valence-corrected chi connectivity index (χ2v) is 4.50. The van der Waals surface area contributed by atoms with Crippen molar-refractivity contribution in [1.82, 2.24) is 24.5 Å². The zero-order valence-electron chi connectivity index (χ0n) is 11.1. The van der Waals surface area contributed by atoms with Crippen LogP contribution in [0.1, 0.15) is 6.42 Å². The van der Waals surface area contributed by atoms with Gasteiger partial charge < -0.3 is 9.64 Å². The van der Waals surface area contributed by atoms with E-state index in [4.69, 9.17) is 10.6 Å². The van der Waals surface area contributed by atoms with E-state index in [1.807, 2.05) is 11.9 Å².